The van der Waals surface area contributed by atoms with Crippen LogP contribution in [0.4, 0.5) is 11.5 Å². The maximum Gasteiger partial charge on any atom is 0.270 e. The summed E-state index contributed by atoms with van der Waals surface area (Å²) >= 11 is 0. The van der Waals surface area contributed by atoms with Crippen LogP contribution in [0.5, 0.6) is 0 Å². The predicted molar refractivity (Wildman–Crippen MR) is 102 cm³/mol. The SMILES string of the molecule is CCCCNC(=O)c1cc(Nc2ccc(C(C)(C)C)cc2)nc(C)n1. The summed E-state index contributed by atoms with van der Waals surface area (Å²) in [7, 11) is 0. The number of unbranched alkanes of at least 4 members (excludes halogenated alkanes) is 1. The molecule has 0 spiro atoms. The van der Waals surface area contributed by atoms with E-state index in [9.17, 15) is 4.79 Å². The second kappa shape index (κ2) is 8.10. The van der Waals surface area contributed by atoms with Crippen LogP contribution in [-0.4, -0.2) is 22.4 Å². The van der Waals surface area contributed by atoms with E-state index in [1.807, 2.05) is 12.1 Å². The first kappa shape index (κ1) is 18.9. The minimum atomic E-state index is -0.162. The molecule has 25 heavy (non-hydrogen) atoms. The third-order valence-corrected chi connectivity index (χ3v) is 3.91. The maximum atomic E-state index is 12.2. The van der Waals surface area contributed by atoms with Gasteiger partial charge in [0.1, 0.15) is 17.3 Å². The van der Waals surface area contributed by atoms with Crippen LogP contribution in [0.25, 0.3) is 0 Å². The number of benzene rings is 1. The Morgan fingerprint density at radius 1 is 1.12 bits per heavy atom. The van der Waals surface area contributed by atoms with Crippen LogP contribution in [0.3, 0.4) is 0 Å². The number of carbonyl (C=O) groups is 1. The average Bonchev–Trinajstić information content (AvgIpc) is 2.54. The normalized spacial score (nSPS) is 11.2. The number of nitrogens with zero attached hydrogens (tertiary/aromatic N) is 2. The number of anilines is 2. The van der Waals surface area contributed by atoms with Crippen molar-refractivity contribution in [3.05, 3.63) is 47.4 Å². The van der Waals surface area contributed by atoms with Gasteiger partial charge >= 0.3 is 0 Å². The summed E-state index contributed by atoms with van der Waals surface area (Å²) in [5, 5.41) is 6.14. The molecule has 134 valence electrons. The number of hydrogen-bond acceptors (Lipinski definition) is 4. The van der Waals surface area contributed by atoms with E-state index in [1.54, 1.807) is 13.0 Å². The topological polar surface area (TPSA) is 66.9 Å². The fourth-order valence-electron chi connectivity index (χ4n) is 2.42. The van der Waals surface area contributed by atoms with Gasteiger partial charge in [0, 0.05) is 18.3 Å². The Morgan fingerprint density at radius 3 is 2.40 bits per heavy atom. The summed E-state index contributed by atoms with van der Waals surface area (Å²) < 4.78 is 0. The zero-order chi connectivity index (χ0) is 18.4. The van der Waals surface area contributed by atoms with E-state index in [-0.39, 0.29) is 11.3 Å². The summed E-state index contributed by atoms with van der Waals surface area (Å²) in [4.78, 5) is 20.8. The number of rotatable bonds is 6. The monoisotopic (exact) mass is 340 g/mol. The first-order valence-corrected chi connectivity index (χ1v) is 8.81. The summed E-state index contributed by atoms with van der Waals surface area (Å²) in [5.74, 6) is 1.03. The molecule has 0 aliphatic heterocycles. The molecule has 1 amide bonds. The van der Waals surface area contributed by atoms with Crippen molar-refractivity contribution in [1.29, 1.82) is 0 Å². The van der Waals surface area contributed by atoms with Gasteiger partial charge in [-0.05, 0) is 36.5 Å². The third kappa shape index (κ3) is 5.55. The Hall–Kier alpha value is -2.43. The number of aromatic nitrogens is 2. The van der Waals surface area contributed by atoms with Gasteiger partial charge in [-0.15, -0.1) is 0 Å². The smallest absolute Gasteiger partial charge is 0.270 e. The number of amides is 1. The first-order chi connectivity index (χ1) is 11.8. The van der Waals surface area contributed by atoms with Gasteiger partial charge in [0.15, 0.2) is 0 Å². The fraction of sp³-hybridized carbons (Fsp3) is 0.450. The van der Waals surface area contributed by atoms with Gasteiger partial charge in [0.05, 0.1) is 0 Å². The molecular weight excluding hydrogens is 312 g/mol. The van der Waals surface area contributed by atoms with Crippen LogP contribution in [0, 0.1) is 6.92 Å². The molecule has 0 saturated carbocycles. The molecule has 1 heterocycles. The fourth-order valence-corrected chi connectivity index (χ4v) is 2.42. The molecule has 5 heteroatoms. The van der Waals surface area contributed by atoms with Gasteiger partial charge in [-0.3, -0.25) is 4.79 Å². The van der Waals surface area contributed by atoms with Crippen LogP contribution >= 0.6 is 0 Å². The van der Waals surface area contributed by atoms with Gasteiger partial charge in [-0.2, -0.15) is 0 Å². The lowest BCUT2D eigenvalue weighted by Crippen LogP contribution is -2.25. The second-order valence-corrected chi connectivity index (χ2v) is 7.25. The first-order valence-electron chi connectivity index (χ1n) is 8.81. The molecule has 0 atom stereocenters. The van der Waals surface area contributed by atoms with Crippen molar-refractivity contribution in [2.45, 2.75) is 52.9 Å². The lowest BCUT2D eigenvalue weighted by atomic mass is 9.87. The highest BCUT2D eigenvalue weighted by molar-refractivity contribution is 5.93. The van der Waals surface area contributed by atoms with E-state index in [4.69, 9.17) is 0 Å². The Kier molecular flexibility index (Phi) is 6.12. The van der Waals surface area contributed by atoms with E-state index in [2.05, 4.69) is 60.4 Å². The van der Waals surface area contributed by atoms with Crippen LogP contribution < -0.4 is 10.6 Å². The molecule has 0 saturated heterocycles. The van der Waals surface area contributed by atoms with E-state index < -0.39 is 0 Å². The number of hydrogen-bond donors (Lipinski definition) is 2. The van der Waals surface area contributed by atoms with E-state index in [0.717, 1.165) is 18.5 Å². The maximum absolute atomic E-state index is 12.2. The van der Waals surface area contributed by atoms with Crippen molar-refractivity contribution in [3.63, 3.8) is 0 Å². The Bertz CT molecular complexity index is 717. The lowest BCUT2D eigenvalue weighted by molar-refractivity contribution is 0.0948. The Balaban J connectivity index is 2.13. The van der Waals surface area contributed by atoms with Crippen molar-refractivity contribution in [3.8, 4) is 0 Å². The zero-order valence-electron chi connectivity index (χ0n) is 15.8. The molecule has 0 radical (unpaired) electrons. The van der Waals surface area contributed by atoms with Crippen LogP contribution in [0.1, 0.15) is 62.4 Å². The second-order valence-electron chi connectivity index (χ2n) is 7.25. The number of aryl methyl sites for hydroxylation is 1. The summed E-state index contributed by atoms with van der Waals surface area (Å²) in [6.45, 7) is 11.1. The molecule has 0 fully saturated rings. The van der Waals surface area contributed by atoms with Crippen molar-refractivity contribution in [2.75, 3.05) is 11.9 Å². The van der Waals surface area contributed by atoms with Crippen molar-refractivity contribution >= 4 is 17.4 Å². The molecule has 0 aliphatic rings. The molecule has 1 aromatic heterocycles. The van der Waals surface area contributed by atoms with Crippen molar-refractivity contribution < 1.29 is 4.79 Å². The Labute approximate surface area is 150 Å². The summed E-state index contributed by atoms with van der Waals surface area (Å²) in [6, 6.07) is 9.95. The summed E-state index contributed by atoms with van der Waals surface area (Å²) in [5.41, 5.74) is 2.71. The molecular formula is C20H28N4O. The molecule has 0 unspecified atom stereocenters. The van der Waals surface area contributed by atoms with Crippen LogP contribution in [-0.2, 0) is 5.41 Å². The van der Waals surface area contributed by atoms with E-state index >= 15 is 0 Å². The van der Waals surface area contributed by atoms with Gasteiger partial charge in [0.25, 0.3) is 5.91 Å². The van der Waals surface area contributed by atoms with Crippen LogP contribution in [0.2, 0.25) is 0 Å². The molecule has 2 aromatic rings. The van der Waals surface area contributed by atoms with Gasteiger partial charge in [0.2, 0.25) is 0 Å². The van der Waals surface area contributed by atoms with Gasteiger partial charge in [-0.25, -0.2) is 9.97 Å². The van der Waals surface area contributed by atoms with Crippen molar-refractivity contribution in [1.82, 2.24) is 15.3 Å². The van der Waals surface area contributed by atoms with Crippen molar-refractivity contribution in [2.24, 2.45) is 0 Å². The number of carbonyl (C=O) groups excluding carboxylic acids is 1. The minimum Gasteiger partial charge on any atom is -0.351 e. The molecule has 2 rings (SSSR count). The molecule has 1 aromatic carbocycles. The van der Waals surface area contributed by atoms with Crippen LogP contribution in [0.15, 0.2) is 30.3 Å². The number of nitrogens with one attached hydrogen (secondary N) is 2. The highest BCUT2D eigenvalue weighted by atomic mass is 16.1. The highest BCUT2D eigenvalue weighted by Gasteiger charge is 2.13. The molecule has 2 N–H and O–H groups in total. The standard InChI is InChI=1S/C20H28N4O/c1-6-7-12-21-19(25)17-13-18(23-14(2)22-17)24-16-10-8-15(9-11-16)20(3,4)5/h8-11,13H,6-7,12H2,1-5H3,(H,21,25)(H,22,23,24). The van der Waals surface area contributed by atoms with E-state index in [0.29, 0.717) is 23.9 Å². The molecule has 0 bridgehead atoms. The third-order valence-electron chi connectivity index (χ3n) is 3.91. The van der Waals surface area contributed by atoms with E-state index in [1.165, 1.54) is 5.56 Å². The summed E-state index contributed by atoms with van der Waals surface area (Å²) in [6.07, 6.45) is 2.00. The minimum absolute atomic E-state index is 0.119. The van der Waals surface area contributed by atoms with Gasteiger partial charge in [-0.1, -0.05) is 46.2 Å². The molecule has 5 nitrogen and oxygen atoms in total. The highest BCUT2D eigenvalue weighted by Crippen LogP contribution is 2.24. The zero-order valence-corrected chi connectivity index (χ0v) is 15.8. The predicted octanol–water partition coefficient (Wildman–Crippen LogP) is 4.36. The lowest BCUT2D eigenvalue weighted by Gasteiger charge is -2.19. The average molecular weight is 340 g/mol. The molecule has 0 aliphatic carbocycles. The van der Waals surface area contributed by atoms with Gasteiger partial charge < -0.3 is 10.6 Å². The Morgan fingerprint density at radius 2 is 1.80 bits per heavy atom. The quantitative estimate of drug-likeness (QED) is 0.767. The largest absolute Gasteiger partial charge is 0.351 e.